The number of nitrogens with zero attached hydrogens (tertiary/aromatic N) is 2. The van der Waals surface area contributed by atoms with Crippen molar-refractivity contribution < 1.29 is 4.79 Å². The van der Waals surface area contributed by atoms with Crippen molar-refractivity contribution in [2.24, 2.45) is 0 Å². The quantitative estimate of drug-likeness (QED) is 0.709. The summed E-state index contributed by atoms with van der Waals surface area (Å²) in [5.41, 5.74) is 0. The van der Waals surface area contributed by atoms with Crippen molar-refractivity contribution in [1.29, 1.82) is 0 Å². The Morgan fingerprint density at radius 3 is 2.32 bits per heavy atom. The van der Waals surface area contributed by atoms with E-state index < -0.39 is 0 Å². The van der Waals surface area contributed by atoms with Crippen LogP contribution in [0, 0.1) is 0 Å². The van der Waals surface area contributed by atoms with Crippen molar-refractivity contribution in [2.45, 2.75) is 57.5 Å². The molecule has 0 aromatic carbocycles. The summed E-state index contributed by atoms with van der Waals surface area (Å²) in [5.74, 6) is 0.277. The molecule has 0 aliphatic carbocycles. The van der Waals surface area contributed by atoms with Gasteiger partial charge in [-0.05, 0) is 45.8 Å². The standard InChI is InChI=1S/C15H29N3O/c1-13(19)18-14-7-8-15(18)12-17(11-14)10-6-4-3-5-9-16-2/h14-16H,3-12H2,1-2H3. The van der Waals surface area contributed by atoms with Crippen LogP contribution in [0.2, 0.25) is 0 Å². The van der Waals surface area contributed by atoms with Crippen LogP contribution in [0.5, 0.6) is 0 Å². The van der Waals surface area contributed by atoms with E-state index in [4.69, 9.17) is 0 Å². The van der Waals surface area contributed by atoms with Crippen molar-refractivity contribution >= 4 is 5.91 Å². The summed E-state index contributed by atoms with van der Waals surface area (Å²) in [4.78, 5) is 16.4. The van der Waals surface area contributed by atoms with Gasteiger partial charge in [0.05, 0.1) is 0 Å². The summed E-state index contributed by atoms with van der Waals surface area (Å²) in [5, 5.41) is 3.20. The predicted octanol–water partition coefficient (Wildman–Crippen LogP) is 1.46. The molecule has 19 heavy (non-hydrogen) atoms. The number of piperazine rings is 1. The SMILES string of the molecule is CNCCCCCCN1CC2CCC(C1)N2C(C)=O. The molecule has 2 rings (SSSR count). The fourth-order valence-electron chi connectivity index (χ4n) is 3.68. The number of likely N-dealkylation sites (tertiary alicyclic amines) is 1. The Balaban J connectivity index is 1.64. The van der Waals surface area contributed by atoms with Crippen molar-refractivity contribution in [3.05, 3.63) is 0 Å². The second-order valence-electron chi connectivity index (χ2n) is 6.09. The Morgan fingerprint density at radius 1 is 1.11 bits per heavy atom. The molecule has 2 bridgehead atoms. The van der Waals surface area contributed by atoms with Crippen LogP contribution in [-0.2, 0) is 4.79 Å². The minimum atomic E-state index is 0.277. The van der Waals surface area contributed by atoms with Gasteiger partial charge < -0.3 is 10.2 Å². The average molecular weight is 267 g/mol. The summed E-state index contributed by atoms with van der Waals surface area (Å²) in [6.45, 7) is 6.29. The monoisotopic (exact) mass is 267 g/mol. The molecular formula is C15H29N3O. The van der Waals surface area contributed by atoms with Crippen LogP contribution in [0.3, 0.4) is 0 Å². The zero-order valence-corrected chi connectivity index (χ0v) is 12.5. The van der Waals surface area contributed by atoms with Gasteiger partial charge in [-0.15, -0.1) is 0 Å². The van der Waals surface area contributed by atoms with Gasteiger partial charge in [-0.2, -0.15) is 0 Å². The smallest absolute Gasteiger partial charge is 0.220 e. The lowest BCUT2D eigenvalue weighted by atomic mass is 10.1. The molecule has 2 saturated heterocycles. The first kappa shape index (κ1) is 14.8. The Bertz CT molecular complexity index is 281. The Morgan fingerprint density at radius 2 is 1.74 bits per heavy atom. The third-order valence-corrected chi connectivity index (χ3v) is 4.57. The number of nitrogens with one attached hydrogen (secondary N) is 1. The average Bonchev–Trinajstić information content (AvgIpc) is 2.66. The summed E-state index contributed by atoms with van der Waals surface area (Å²) >= 11 is 0. The van der Waals surface area contributed by atoms with E-state index in [0.29, 0.717) is 12.1 Å². The zero-order chi connectivity index (χ0) is 13.7. The molecule has 0 radical (unpaired) electrons. The zero-order valence-electron chi connectivity index (χ0n) is 12.5. The maximum atomic E-state index is 11.6. The lowest BCUT2D eigenvalue weighted by molar-refractivity contribution is -0.134. The van der Waals surface area contributed by atoms with Crippen molar-refractivity contribution in [3.8, 4) is 0 Å². The Labute approximate surface area is 117 Å². The van der Waals surface area contributed by atoms with Gasteiger partial charge in [-0.25, -0.2) is 0 Å². The van der Waals surface area contributed by atoms with Crippen molar-refractivity contribution in [1.82, 2.24) is 15.1 Å². The van der Waals surface area contributed by atoms with Gasteiger partial charge in [-0.3, -0.25) is 9.69 Å². The van der Waals surface area contributed by atoms with Gasteiger partial charge in [-0.1, -0.05) is 12.8 Å². The van der Waals surface area contributed by atoms with E-state index in [1.807, 2.05) is 7.05 Å². The van der Waals surface area contributed by atoms with Crippen LogP contribution in [0.15, 0.2) is 0 Å². The summed E-state index contributed by atoms with van der Waals surface area (Å²) < 4.78 is 0. The van der Waals surface area contributed by atoms with Gasteiger partial charge in [0.15, 0.2) is 0 Å². The van der Waals surface area contributed by atoms with Gasteiger partial charge in [0.2, 0.25) is 5.91 Å². The van der Waals surface area contributed by atoms with Crippen LogP contribution >= 0.6 is 0 Å². The molecule has 2 atom stereocenters. The third-order valence-electron chi connectivity index (χ3n) is 4.57. The van der Waals surface area contributed by atoms with E-state index in [2.05, 4.69) is 15.1 Å². The van der Waals surface area contributed by atoms with Crippen LogP contribution < -0.4 is 5.32 Å². The number of hydrogen-bond donors (Lipinski definition) is 1. The minimum Gasteiger partial charge on any atom is -0.334 e. The number of unbranched alkanes of at least 4 members (excludes halogenated alkanes) is 3. The van der Waals surface area contributed by atoms with E-state index >= 15 is 0 Å². The molecule has 0 aromatic heterocycles. The highest BCUT2D eigenvalue weighted by Gasteiger charge is 2.40. The summed E-state index contributed by atoms with van der Waals surface area (Å²) in [6.07, 6.45) is 7.69. The Hall–Kier alpha value is -0.610. The number of amides is 1. The van der Waals surface area contributed by atoms with E-state index in [9.17, 15) is 4.79 Å². The van der Waals surface area contributed by atoms with Gasteiger partial charge in [0.25, 0.3) is 0 Å². The number of rotatable bonds is 7. The topological polar surface area (TPSA) is 35.6 Å². The van der Waals surface area contributed by atoms with E-state index in [1.165, 1.54) is 45.1 Å². The molecule has 2 aliphatic rings. The van der Waals surface area contributed by atoms with E-state index in [1.54, 1.807) is 6.92 Å². The third kappa shape index (κ3) is 3.93. The number of carbonyl (C=O) groups is 1. The molecule has 2 fully saturated rings. The van der Waals surface area contributed by atoms with Crippen molar-refractivity contribution in [3.63, 3.8) is 0 Å². The van der Waals surface area contributed by atoms with Crippen LogP contribution in [0.4, 0.5) is 0 Å². The second-order valence-corrected chi connectivity index (χ2v) is 6.09. The first-order valence-corrected chi connectivity index (χ1v) is 7.88. The van der Waals surface area contributed by atoms with Crippen LogP contribution in [0.25, 0.3) is 0 Å². The van der Waals surface area contributed by atoms with Crippen LogP contribution in [-0.4, -0.2) is 61.0 Å². The molecule has 4 nitrogen and oxygen atoms in total. The molecule has 0 saturated carbocycles. The largest absolute Gasteiger partial charge is 0.334 e. The number of hydrogen-bond acceptors (Lipinski definition) is 3. The fourth-order valence-corrected chi connectivity index (χ4v) is 3.68. The summed E-state index contributed by atoms with van der Waals surface area (Å²) in [6, 6.07) is 1.00. The lowest BCUT2D eigenvalue weighted by Gasteiger charge is -2.40. The van der Waals surface area contributed by atoms with Crippen molar-refractivity contribution in [2.75, 3.05) is 33.2 Å². The highest BCUT2D eigenvalue weighted by Crippen LogP contribution is 2.30. The minimum absolute atomic E-state index is 0.277. The Kier molecular flexibility index (Phi) is 5.64. The van der Waals surface area contributed by atoms with E-state index in [0.717, 1.165) is 19.6 Å². The van der Waals surface area contributed by atoms with Gasteiger partial charge in [0, 0.05) is 32.1 Å². The van der Waals surface area contributed by atoms with E-state index in [-0.39, 0.29) is 5.91 Å². The second kappa shape index (κ2) is 7.25. The molecule has 2 unspecified atom stereocenters. The molecule has 2 heterocycles. The van der Waals surface area contributed by atoms with Gasteiger partial charge in [0.1, 0.15) is 0 Å². The highest BCUT2D eigenvalue weighted by molar-refractivity contribution is 5.74. The first-order chi connectivity index (χ1) is 9.22. The predicted molar refractivity (Wildman–Crippen MR) is 78.2 cm³/mol. The maximum absolute atomic E-state index is 11.6. The maximum Gasteiger partial charge on any atom is 0.220 e. The first-order valence-electron chi connectivity index (χ1n) is 7.88. The summed E-state index contributed by atoms with van der Waals surface area (Å²) in [7, 11) is 2.02. The van der Waals surface area contributed by atoms with Crippen LogP contribution in [0.1, 0.15) is 45.4 Å². The molecule has 110 valence electrons. The molecule has 1 N–H and O–H groups in total. The molecule has 0 spiro atoms. The lowest BCUT2D eigenvalue weighted by Crippen LogP contribution is -2.55. The molecule has 4 heteroatoms. The fraction of sp³-hybridized carbons (Fsp3) is 0.933. The van der Waals surface area contributed by atoms with Gasteiger partial charge >= 0.3 is 0 Å². The molecular weight excluding hydrogens is 238 g/mol. The number of fused-ring (bicyclic) bond motifs is 2. The molecule has 1 amide bonds. The highest BCUT2D eigenvalue weighted by atomic mass is 16.2. The number of carbonyl (C=O) groups excluding carboxylic acids is 1. The molecule has 0 aromatic rings. The normalized spacial score (nSPS) is 26.9. The molecule has 2 aliphatic heterocycles.